The summed E-state index contributed by atoms with van der Waals surface area (Å²) < 4.78 is 43.3. The summed E-state index contributed by atoms with van der Waals surface area (Å²) in [6, 6.07) is 3.76. The van der Waals surface area contributed by atoms with E-state index in [0.29, 0.717) is 12.2 Å². The van der Waals surface area contributed by atoms with Crippen molar-refractivity contribution in [1.82, 2.24) is 9.78 Å². The number of nitrogens with zero attached hydrogens (tertiary/aromatic N) is 2. The van der Waals surface area contributed by atoms with E-state index < -0.39 is 18.2 Å². The zero-order valence-electron chi connectivity index (χ0n) is 10.8. The van der Waals surface area contributed by atoms with Gasteiger partial charge in [-0.15, -0.1) is 0 Å². The van der Waals surface area contributed by atoms with Crippen molar-refractivity contribution in [1.29, 1.82) is 0 Å². The van der Waals surface area contributed by atoms with E-state index in [2.05, 4.69) is 15.2 Å². The number of rotatable bonds is 6. The molecule has 0 spiro atoms. The van der Waals surface area contributed by atoms with Crippen molar-refractivity contribution in [3.8, 4) is 5.75 Å². The molecule has 0 saturated carbocycles. The SMILES string of the molecule is CCn1cc(CNc2ccc(OC(F)F)c(F)c2)cn1. The highest BCUT2D eigenvalue weighted by molar-refractivity contribution is 5.47. The molecule has 0 aliphatic rings. The van der Waals surface area contributed by atoms with Gasteiger partial charge in [-0.05, 0) is 19.1 Å². The topological polar surface area (TPSA) is 39.1 Å². The van der Waals surface area contributed by atoms with Crippen LogP contribution in [0.15, 0.2) is 30.6 Å². The Hall–Kier alpha value is -2.18. The lowest BCUT2D eigenvalue weighted by Crippen LogP contribution is -2.04. The largest absolute Gasteiger partial charge is 0.432 e. The normalized spacial score (nSPS) is 10.8. The number of aryl methyl sites for hydroxylation is 1. The number of benzene rings is 1. The third kappa shape index (κ3) is 3.66. The molecule has 0 saturated heterocycles. The molecule has 7 heteroatoms. The molecule has 1 heterocycles. The van der Waals surface area contributed by atoms with Crippen molar-refractivity contribution in [2.24, 2.45) is 0 Å². The van der Waals surface area contributed by atoms with Crippen LogP contribution in [0, 0.1) is 5.82 Å². The summed E-state index contributed by atoms with van der Waals surface area (Å²) in [5, 5.41) is 7.09. The number of hydrogen-bond acceptors (Lipinski definition) is 3. The molecule has 0 fully saturated rings. The fourth-order valence-corrected chi connectivity index (χ4v) is 1.68. The van der Waals surface area contributed by atoms with Crippen molar-refractivity contribution in [3.63, 3.8) is 0 Å². The second-order valence-electron chi connectivity index (χ2n) is 4.08. The molecule has 0 unspecified atom stereocenters. The Balaban J connectivity index is 1.97. The molecule has 0 aliphatic heterocycles. The molecule has 0 aliphatic carbocycles. The van der Waals surface area contributed by atoms with Gasteiger partial charge in [0.25, 0.3) is 0 Å². The molecular weight excluding hydrogens is 271 g/mol. The van der Waals surface area contributed by atoms with Gasteiger partial charge in [0.2, 0.25) is 0 Å². The Morgan fingerprint density at radius 2 is 2.20 bits per heavy atom. The van der Waals surface area contributed by atoms with E-state index in [1.165, 1.54) is 12.1 Å². The van der Waals surface area contributed by atoms with E-state index >= 15 is 0 Å². The number of aromatic nitrogens is 2. The van der Waals surface area contributed by atoms with Crippen LogP contribution in [0.3, 0.4) is 0 Å². The van der Waals surface area contributed by atoms with Crippen molar-refractivity contribution >= 4 is 5.69 Å². The third-order valence-corrected chi connectivity index (χ3v) is 2.66. The lowest BCUT2D eigenvalue weighted by molar-refractivity contribution is -0.0521. The Labute approximate surface area is 114 Å². The standard InChI is InChI=1S/C13H14F3N3O/c1-2-19-8-9(7-18-19)6-17-10-3-4-12(11(14)5-10)20-13(15)16/h3-5,7-8,13,17H,2,6H2,1H3. The summed E-state index contributed by atoms with van der Waals surface area (Å²) >= 11 is 0. The van der Waals surface area contributed by atoms with Crippen LogP contribution >= 0.6 is 0 Å². The summed E-state index contributed by atoms with van der Waals surface area (Å²) in [6.07, 6.45) is 3.58. The predicted molar refractivity (Wildman–Crippen MR) is 68.3 cm³/mol. The molecule has 0 atom stereocenters. The second-order valence-corrected chi connectivity index (χ2v) is 4.08. The second kappa shape index (κ2) is 6.31. The zero-order valence-corrected chi connectivity index (χ0v) is 10.8. The van der Waals surface area contributed by atoms with Crippen LogP contribution in [0.4, 0.5) is 18.9 Å². The highest BCUT2D eigenvalue weighted by Crippen LogP contribution is 2.23. The average Bonchev–Trinajstić information content (AvgIpc) is 2.87. The Morgan fingerprint density at radius 1 is 1.40 bits per heavy atom. The quantitative estimate of drug-likeness (QED) is 0.885. The van der Waals surface area contributed by atoms with E-state index in [9.17, 15) is 13.2 Å². The van der Waals surface area contributed by atoms with Crippen LogP contribution in [0.2, 0.25) is 0 Å². The minimum atomic E-state index is -3.04. The van der Waals surface area contributed by atoms with Gasteiger partial charge >= 0.3 is 6.61 Å². The third-order valence-electron chi connectivity index (χ3n) is 2.66. The van der Waals surface area contributed by atoms with Gasteiger partial charge in [-0.1, -0.05) is 0 Å². The van der Waals surface area contributed by atoms with Gasteiger partial charge < -0.3 is 10.1 Å². The Bertz CT molecular complexity index is 572. The molecule has 0 radical (unpaired) electrons. The van der Waals surface area contributed by atoms with Crippen molar-refractivity contribution in [2.45, 2.75) is 26.6 Å². The fraction of sp³-hybridized carbons (Fsp3) is 0.308. The van der Waals surface area contributed by atoms with E-state index in [-0.39, 0.29) is 0 Å². The van der Waals surface area contributed by atoms with Crippen LogP contribution in [0.25, 0.3) is 0 Å². The molecule has 1 aromatic heterocycles. The summed E-state index contributed by atoms with van der Waals surface area (Å²) in [6.45, 7) is 0.174. The van der Waals surface area contributed by atoms with E-state index in [1.807, 2.05) is 13.1 Å². The van der Waals surface area contributed by atoms with Gasteiger partial charge in [0.15, 0.2) is 11.6 Å². The molecule has 2 rings (SSSR count). The zero-order chi connectivity index (χ0) is 14.5. The first-order valence-electron chi connectivity index (χ1n) is 6.08. The number of halogens is 3. The molecular formula is C13H14F3N3O. The summed E-state index contributed by atoms with van der Waals surface area (Å²) in [4.78, 5) is 0. The molecule has 0 bridgehead atoms. The smallest absolute Gasteiger partial charge is 0.387 e. The Morgan fingerprint density at radius 3 is 2.80 bits per heavy atom. The van der Waals surface area contributed by atoms with Crippen LogP contribution in [-0.2, 0) is 13.1 Å². The average molecular weight is 285 g/mol. The number of alkyl halides is 2. The van der Waals surface area contributed by atoms with Gasteiger partial charge in [-0.3, -0.25) is 4.68 Å². The molecule has 108 valence electrons. The van der Waals surface area contributed by atoms with Crippen molar-refractivity contribution in [2.75, 3.05) is 5.32 Å². The maximum atomic E-state index is 13.5. The van der Waals surface area contributed by atoms with E-state index in [0.717, 1.165) is 18.2 Å². The van der Waals surface area contributed by atoms with Gasteiger partial charge in [-0.25, -0.2) is 4.39 Å². The number of anilines is 1. The van der Waals surface area contributed by atoms with Crippen LogP contribution in [0.5, 0.6) is 5.75 Å². The number of hydrogen-bond donors (Lipinski definition) is 1. The van der Waals surface area contributed by atoms with E-state index in [1.54, 1.807) is 10.9 Å². The molecule has 20 heavy (non-hydrogen) atoms. The van der Waals surface area contributed by atoms with Gasteiger partial charge in [-0.2, -0.15) is 13.9 Å². The van der Waals surface area contributed by atoms with Gasteiger partial charge in [0.05, 0.1) is 6.20 Å². The monoisotopic (exact) mass is 285 g/mol. The molecule has 4 nitrogen and oxygen atoms in total. The molecule has 0 amide bonds. The van der Waals surface area contributed by atoms with Crippen LogP contribution in [-0.4, -0.2) is 16.4 Å². The minimum Gasteiger partial charge on any atom is -0.432 e. The minimum absolute atomic E-state index is 0.467. The molecule has 2 aromatic rings. The summed E-state index contributed by atoms with van der Waals surface area (Å²) in [5.41, 5.74) is 1.42. The first-order chi connectivity index (χ1) is 9.58. The highest BCUT2D eigenvalue weighted by atomic mass is 19.3. The summed E-state index contributed by atoms with van der Waals surface area (Å²) in [5.74, 6) is -1.30. The number of nitrogens with one attached hydrogen (secondary N) is 1. The van der Waals surface area contributed by atoms with Gasteiger partial charge in [0.1, 0.15) is 0 Å². The first kappa shape index (κ1) is 14.2. The van der Waals surface area contributed by atoms with Gasteiger partial charge in [0, 0.05) is 36.6 Å². The highest BCUT2D eigenvalue weighted by Gasteiger charge is 2.10. The van der Waals surface area contributed by atoms with Crippen LogP contribution < -0.4 is 10.1 Å². The van der Waals surface area contributed by atoms with Crippen molar-refractivity contribution in [3.05, 3.63) is 42.0 Å². The maximum Gasteiger partial charge on any atom is 0.387 e. The van der Waals surface area contributed by atoms with Crippen LogP contribution in [0.1, 0.15) is 12.5 Å². The Kier molecular flexibility index (Phi) is 4.49. The predicted octanol–water partition coefficient (Wildman–Crippen LogP) is 3.26. The lowest BCUT2D eigenvalue weighted by Gasteiger charge is -2.08. The molecule has 1 aromatic carbocycles. The maximum absolute atomic E-state index is 13.5. The number of ether oxygens (including phenoxy) is 1. The summed E-state index contributed by atoms with van der Waals surface area (Å²) in [7, 11) is 0. The van der Waals surface area contributed by atoms with Crippen molar-refractivity contribution < 1.29 is 17.9 Å². The lowest BCUT2D eigenvalue weighted by atomic mass is 10.2. The fourth-order valence-electron chi connectivity index (χ4n) is 1.68. The van der Waals surface area contributed by atoms with E-state index in [4.69, 9.17) is 0 Å². The first-order valence-corrected chi connectivity index (χ1v) is 6.08. The molecule has 1 N–H and O–H groups in total.